The van der Waals surface area contributed by atoms with Crippen molar-refractivity contribution in [3.05, 3.63) is 64.0 Å². The summed E-state index contributed by atoms with van der Waals surface area (Å²) in [6.45, 7) is 5.90. The number of benzene rings is 1. The van der Waals surface area contributed by atoms with E-state index in [-0.39, 0.29) is 6.10 Å². The quantitative estimate of drug-likeness (QED) is 0.443. The Morgan fingerprint density at radius 2 is 2.03 bits per heavy atom. The zero-order valence-electron chi connectivity index (χ0n) is 17.3. The highest BCUT2D eigenvalue weighted by Gasteiger charge is 2.17. The third-order valence-electron chi connectivity index (χ3n) is 4.41. The Hall–Kier alpha value is -3.17. The Morgan fingerprint density at radius 3 is 2.74 bits per heavy atom. The van der Waals surface area contributed by atoms with Gasteiger partial charge in [0, 0.05) is 35.3 Å². The van der Waals surface area contributed by atoms with Crippen molar-refractivity contribution in [2.75, 3.05) is 0 Å². The molecule has 1 amide bonds. The van der Waals surface area contributed by atoms with E-state index in [2.05, 4.69) is 15.0 Å². The van der Waals surface area contributed by atoms with E-state index in [1.54, 1.807) is 59.5 Å². The summed E-state index contributed by atoms with van der Waals surface area (Å²) in [5, 5.41) is 3.76. The number of primary amides is 1. The third kappa shape index (κ3) is 4.78. The van der Waals surface area contributed by atoms with Gasteiger partial charge in [-0.15, -0.1) is 22.7 Å². The fourth-order valence-corrected chi connectivity index (χ4v) is 4.92. The van der Waals surface area contributed by atoms with Crippen molar-refractivity contribution < 1.29 is 9.53 Å². The maximum Gasteiger partial charge on any atom is 0.248 e. The van der Waals surface area contributed by atoms with Crippen LogP contribution in [-0.2, 0) is 6.42 Å². The topological polar surface area (TPSA) is 104 Å². The molecule has 31 heavy (non-hydrogen) atoms. The number of aryl methyl sites for hydroxylation is 1. The molecule has 1 aromatic carbocycles. The summed E-state index contributed by atoms with van der Waals surface area (Å²) in [5.74, 6) is 0.268. The second-order valence-electron chi connectivity index (χ2n) is 7.18. The molecule has 0 aliphatic heterocycles. The van der Waals surface area contributed by atoms with E-state index in [0.717, 1.165) is 43.3 Å². The molecule has 0 unspecified atom stereocenters. The molecule has 0 spiro atoms. The number of thiazole rings is 2. The highest BCUT2D eigenvalue weighted by molar-refractivity contribution is 7.18. The third-order valence-corrected chi connectivity index (χ3v) is 6.46. The lowest BCUT2D eigenvalue weighted by molar-refractivity contribution is 0.1000. The summed E-state index contributed by atoms with van der Waals surface area (Å²) in [6.07, 6.45) is 5.56. The van der Waals surface area contributed by atoms with Gasteiger partial charge in [-0.05, 0) is 39.0 Å². The molecule has 0 bridgehead atoms. The first-order valence-corrected chi connectivity index (χ1v) is 11.4. The molecule has 7 nitrogen and oxygen atoms in total. The first kappa shape index (κ1) is 21.1. The summed E-state index contributed by atoms with van der Waals surface area (Å²) in [4.78, 5) is 30.5. The fraction of sp³-hybridized carbons (Fsp3) is 0.227. The summed E-state index contributed by atoms with van der Waals surface area (Å²) in [5.41, 5.74) is 9.33. The average Bonchev–Trinajstić information content (AvgIpc) is 3.36. The van der Waals surface area contributed by atoms with Crippen molar-refractivity contribution in [2.45, 2.75) is 33.3 Å². The Morgan fingerprint density at radius 1 is 1.19 bits per heavy atom. The highest BCUT2D eigenvalue weighted by Crippen LogP contribution is 2.35. The maximum absolute atomic E-state index is 11.6. The first-order valence-electron chi connectivity index (χ1n) is 9.68. The first-order chi connectivity index (χ1) is 14.9. The van der Waals surface area contributed by atoms with Crippen molar-refractivity contribution in [1.82, 2.24) is 19.9 Å². The predicted molar refractivity (Wildman–Crippen MR) is 123 cm³/mol. The summed E-state index contributed by atoms with van der Waals surface area (Å²) in [6, 6.07) is 5.27. The summed E-state index contributed by atoms with van der Waals surface area (Å²) < 4.78 is 5.92. The van der Waals surface area contributed by atoms with Crippen LogP contribution in [0.3, 0.4) is 0 Å². The van der Waals surface area contributed by atoms with E-state index in [1.165, 1.54) is 0 Å². The van der Waals surface area contributed by atoms with Gasteiger partial charge in [-0.1, -0.05) is 0 Å². The zero-order valence-corrected chi connectivity index (χ0v) is 19.0. The minimum atomic E-state index is -0.464. The fourth-order valence-electron chi connectivity index (χ4n) is 3.05. The normalized spacial score (nSPS) is 11.1. The number of carbonyl (C=O) groups is 1. The molecule has 3 heterocycles. The number of aromatic nitrogens is 4. The molecule has 0 aliphatic rings. The van der Waals surface area contributed by atoms with E-state index in [0.29, 0.717) is 12.0 Å². The van der Waals surface area contributed by atoms with Crippen LogP contribution in [0.5, 0.6) is 5.75 Å². The lowest BCUT2D eigenvalue weighted by Crippen LogP contribution is -2.13. The van der Waals surface area contributed by atoms with Crippen LogP contribution in [0.4, 0.5) is 0 Å². The van der Waals surface area contributed by atoms with Gasteiger partial charge in [-0.25, -0.2) is 9.97 Å². The minimum absolute atomic E-state index is 0.0179. The Labute approximate surface area is 188 Å². The molecule has 0 saturated carbocycles. The Balaban J connectivity index is 1.62. The van der Waals surface area contributed by atoms with Crippen LogP contribution in [-0.4, -0.2) is 31.9 Å². The number of amides is 1. The van der Waals surface area contributed by atoms with E-state index >= 15 is 0 Å². The molecule has 0 fully saturated rings. The molecule has 2 N–H and O–H groups in total. The maximum atomic E-state index is 11.6. The Kier molecular flexibility index (Phi) is 6.06. The standard InChI is InChI=1S/C22H21N5O2S2/c1-12(2)29-18-5-4-14(21(23)28)8-15(18)9-19-27-17(11-30-19)20-13(3)26-22(31-20)16-10-24-6-7-25-16/h4-8,10-12H,9H2,1-3H3,(H2,23,28). The molecule has 0 radical (unpaired) electrons. The van der Waals surface area contributed by atoms with Crippen LogP contribution in [0.25, 0.3) is 21.3 Å². The molecule has 0 saturated heterocycles. The Bertz CT molecular complexity index is 1220. The molecule has 3 aromatic heterocycles. The lowest BCUT2D eigenvalue weighted by atomic mass is 10.1. The molecule has 4 aromatic rings. The molecular weight excluding hydrogens is 430 g/mol. The van der Waals surface area contributed by atoms with E-state index < -0.39 is 5.91 Å². The van der Waals surface area contributed by atoms with E-state index in [9.17, 15) is 4.79 Å². The van der Waals surface area contributed by atoms with Crippen molar-refractivity contribution in [2.24, 2.45) is 5.73 Å². The predicted octanol–water partition coefficient (Wildman–Crippen LogP) is 4.51. The second kappa shape index (κ2) is 8.91. The van der Waals surface area contributed by atoms with Crippen LogP contribution in [0.15, 0.2) is 42.2 Å². The second-order valence-corrected chi connectivity index (χ2v) is 9.12. The van der Waals surface area contributed by atoms with Gasteiger partial charge in [0.2, 0.25) is 5.91 Å². The summed E-state index contributed by atoms with van der Waals surface area (Å²) >= 11 is 3.11. The number of rotatable bonds is 7. The van der Waals surface area contributed by atoms with Gasteiger partial charge in [0.05, 0.1) is 33.6 Å². The lowest BCUT2D eigenvalue weighted by Gasteiger charge is -2.14. The van der Waals surface area contributed by atoms with Gasteiger partial charge < -0.3 is 10.5 Å². The van der Waals surface area contributed by atoms with Gasteiger partial charge in [0.25, 0.3) is 0 Å². The van der Waals surface area contributed by atoms with Gasteiger partial charge in [0.1, 0.15) is 16.5 Å². The largest absolute Gasteiger partial charge is 0.491 e. The van der Waals surface area contributed by atoms with Crippen molar-refractivity contribution in [1.29, 1.82) is 0 Å². The number of nitrogens with two attached hydrogens (primary N) is 1. The number of hydrogen-bond donors (Lipinski definition) is 1. The SMILES string of the molecule is Cc1nc(-c2cnccn2)sc1-c1csc(Cc2cc(C(N)=O)ccc2OC(C)C)n1. The zero-order chi connectivity index (χ0) is 22.0. The monoisotopic (exact) mass is 451 g/mol. The van der Waals surface area contributed by atoms with Gasteiger partial charge in [0.15, 0.2) is 0 Å². The minimum Gasteiger partial charge on any atom is -0.491 e. The van der Waals surface area contributed by atoms with E-state index in [4.69, 9.17) is 15.5 Å². The van der Waals surface area contributed by atoms with Crippen LogP contribution >= 0.6 is 22.7 Å². The van der Waals surface area contributed by atoms with E-state index in [1.807, 2.05) is 26.2 Å². The number of carbonyl (C=O) groups excluding carboxylic acids is 1. The molecule has 9 heteroatoms. The molecule has 0 aliphatic carbocycles. The number of ether oxygens (including phenoxy) is 1. The van der Waals surface area contributed by atoms with Crippen molar-refractivity contribution in [3.8, 4) is 27.0 Å². The molecule has 4 rings (SSSR count). The summed E-state index contributed by atoms with van der Waals surface area (Å²) in [7, 11) is 0. The van der Waals surface area contributed by atoms with Crippen molar-refractivity contribution >= 4 is 28.6 Å². The molecule has 0 atom stereocenters. The van der Waals surface area contributed by atoms with Crippen LogP contribution in [0.1, 0.15) is 40.5 Å². The van der Waals surface area contributed by atoms with Crippen LogP contribution in [0.2, 0.25) is 0 Å². The van der Waals surface area contributed by atoms with Gasteiger partial charge in [-0.3, -0.25) is 14.8 Å². The number of nitrogens with zero attached hydrogens (tertiary/aromatic N) is 4. The average molecular weight is 452 g/mol. The number of hydrogen-bond acceptors (Lipinski definition) is 8. The smallest absolute Gasteiger partial charge is 0.248 e. The van der Waals surface area contributed by atoms with Crippen molar-refractivity contribution in [3.63, 3.8) is 0 Å². The molecule has 158 valence electrons. The van der Waals surface area contributed by atoms with Gasteiger partial charge in [-0.2, -0.15) is 0 Å². The molecular formula is C22H21N5O2S2. The van der Waals surface area contributed by atoms with Crippen LogP contribution < -0.4 is 10.5 Å². The van der Waals surface area contributed by atoms with Gasteiger partial charge >= 0.3 is 0 Å². The highest BCUT2D eigenvalue weighted by atomic mass is 32.1. The van der Waals surface area contributed by atoms with Crippen LogP contribution in [0, 0.1) is 6.92 Å².